The summed E-state index contributed by atoms with van der Waals surface area (Å²) < 4.78 is 0. The Balaban J connectivity index is 0.990. The number of nitrogens with zero attached hydrogens (tertiary/aromatic N) is 4. The summed E-state index contributed by atoms with van der Waals surface area (Å²) in [7, 11) is 0. The number of benzene rings is 8. The van der Waals surface area contributed by atoms with Crippen LogP contribution in [0.5, 0.6) is 11.5 Å². The molecule has 0 saturated heterocycles. The highest BCUT2D eigenvalue weighted by Gasteiger charge is 2.28. The smallest absolute Gasteiger partial charge is 0.259 e. The van der Waals surface area contributed by atoms with Crippen LogP contribution >= 0.6 is 46.4 Å². The lowest BCUT2D eigenvalue weighted by atomic mass is 10.0. The lowest BCUT2D eigenvalue weighted by Gasteiger charge is -2.11. The van der Waals surface area contributed by atoms with Gasteiger partial charge in [-0.05, 0) is 94.7 Å². The maximum Gasteiger partial charge on any atom is 0.259 e. The number of nitrogens with one attached hydrogen (secondary N) is 2. The zero-order valence-corrected chi connectivity index (χ0v) is 34.6. The van der Waals surface area contributed by atoms with Gasteiger partial charge in [-0.1, -0.05) is 107 Å². The molecule has 8 aromatic carbocycles. The van der Waals surface area contributed by atoms with Gasteiger partial charge in [-0.25, -0.2) is 0 Å². The molecule has 1 aliphatic carbocycles. The molecule has 302 valence electrons. The van der Waals surface area contributed by atoms with Crippen molar-refractivity contribution in [3.05, 3.63) is 176 Å². The van der Waals surface area contributed by atoms with Crippen molar-refractivity contribution < 1.29 is 24.6 Å². The molecule has 0 radical (unpaired) electrons. The minimum atomic E-state index is -0.620. The lowest BCUT2D eigenvalue weighted by Crippen LogP contribution is -2.12. The molecule has 9 rings (SSSR count). The fourth-order valence-electron chi connectivity index (χ4n) is 7.23. The third-order valence-electron chi connectivity index (χ3n) is 10.0. The van der Waals surface area contributed by atoms with E-state index in [0.717, 1.165) is 0 Å². The average Bonchev–Trinajstić information content (AvgIpc) is 3.51. The second-order valence-corrected chi connectivity index (χ2v) is 15.8. The number of carbonyl (C=O) groups is 3. The van der Waals surface area contributed by atoms with Crippen LogP contribution in [0.1, 0.15) is 36.6 Å². The van der Waals surface area contributed by atoms with Gasteiger partial charge in [-0.15, -0.1) is 10.2 Å². The molecule has 62 heavy (non-hydrogen) atoms. The highest BCUT2D eigenvalue weighted by atomic mass is 35.5. The van der Waals surface area contributed by atoms with Gasteiger partial charge in [-0.2, -0.15) is 10.2 Å². The van der Waals surface area contributed by atoms with E-state index < -0.39 is 23.3 Å². The maximum atomic E-state index is 13.9. The number of carbonyl (C=O) groups excluding carboxylic acids is 3. The summed E-state index contributed by atoms with van der Waals surface area (Å²) in [5, 5.41) is 49.3. The summed E-state index contributed by atoms with van der Waals surface area (Å²) >= 11 is 24.5. The van der Waals surface area contributed by atoms with Crippen molar-refractivity contribution in [1.29, 1.82) is 0 Å². The number of phenolic OH excluding ortho intramolecular Hbond substituents is 2. The second kappa shape index (κ2) is 16.4. The largest absolute Gasteiger partial charge is 0.505 e. The normalized spacial score (nSPS) is 12.0. The Hall–Kier alpha value is -7.15. The summed E-state index contributed by atoms with van der Waals surface area (Å²) in [6, 6.07) is 36.5. The molecule has 0 aromatic heterocycles. The van der Waals surface area contributed by atoms with Crippen molar-refractivity contribution in [3.8, 4) is 22.6 Å². The third kappa shape index (κ3) is 7.81. The zero-order valence-electron chi connectivity index (χ0n) is 31.6. The molecule has 4 N–H and O–H groups in total. The van der Waals surface area contributed by atoms with Gasteiger partial charge in [0.05, 0.1) is 22.5 Å². The van der Waals surface area contributed by atoms with Crippen LogP contribution in [0.15, 0.2) is 154 Å². The first-order chi connectivity index (χ1) is 29.9. The number of amides is 2. The average molecular weight is 897 g/mol. The van der Waals surface area contributed by atoms with Crippen molar-refractivity contribution in [2.45, 2.75) is 0 Å². The molecule has 0 aliphatic heterocycles. The number of phenols is 2. The molecule has 0 heterocycles. The SMILES string of the molecule is O=C1c2cc(N=Nc3c(O)c(C(=O)Nc4cc(Cl)cc(Cl)c4)cc4ccccc34)ccc2-c2ccc(N=Nc3c(O)c(C(=O)Nc4cc(Cl)cc(Cl)c4)cc4ccccc34)cc21. The first-order valence-corrected chi connectivity index (χ1v) is 20.1. The summed E-state index contributed by atoms with van der Waals surface area (Å²) in [4.78, 5) is 40.7. The first-order valence-electron chi connectivity index (χ1n) is 18.6. The molecule has 0 bridgehead atoms. The standard InChI is InChI=1S/C47H26Cl4N6O5/c48-25-15-26(49)18-31(17-25)52-46(61)39-13-23-5-1-3-7-33(23)41(44(39)59)56-54-29-9-11-35-36-12-10-30(22-38(36)43(58)37(35)21-29)55-57-42-34-8-4-2-6-24(34)14-40(45(42)60)47(62)53-32-19-27(50)16-28(51)20-32/h1-22,59-60H,(H,52,61)(H,53,62). The van der Waals surface area contributed by atoms with E-state index in [1.807, 2.05) is 0 Å². The van der Waals surface area contributed by atoms with Gasteiger partial charge in [0, 0.05) is 53.4 Å². The van der Waals surface area contributed by atoms with Crippen molar-refractivity contribution in [3.63, 3.8) is 0 Å². The first kappa shape index (κ1) is 40.3. The van der Waals surface area contributed by atoms with E-state index in [1.54, 1.807) is 97.1 Å². The molecule has 2 amide bonds. The number of halogens is 4. The van der Waals surface area contributed by atoms with Crippen LogP contribution in [0.3, 0.4) is 0 Å². The Morgan fingerprint density at radius 1 is 0.452 bits per heavy atom. The van der Waals surface area contributed by atoms with Gasteiger partial charge in [0.15, 0.2) is 17.3 Å². The predicted molar refractivity (Wildman–Crippen MR) is 244 cm³/mol. The molecule has 11 nitrogen and oxygen atoms in total. The van der Waals surface area contributed by atoms with Crippen LogP contribution in [0.25, 0.3) is 32.7 Å². The molecule has 0 atom stereocenters. The van der Waals surface area contributed by atoms with Crippen LogP contribution in [0.4, 0.5) is 34.1 Å². The van der Waals surface area contributed by atoms with Crippen LogP contribution in [0, 0.1) is 0 Å². The number of hydrogen-bond acceptors (Lipinski definition) is 9. The zero-order chi connectivity index (χ0) is 43.2. The Labute approximate surface area is 371 Å². The third-order valence-corrected chi connectivity index (χ3v) is 10.9. The van der Waals surface area contributed by atoms with Gasteiger partial charge in [0.2, 0.25) is 0 Å². The highest BCUT2D eigenvalue weighted by molar-refractivity contribution is 6.36. The molecular formula is C47H26Cl4N6O5. The van der Waals surface area contributed by atoms with Gasteiger partial charge < -0.3 is 20.8 Å². The van der Waals surface area contributed by atoms with Crippen molar-refractivity contribution >= 4 is 120 Å². The van der Waals surface area contributed by atoms with E-state index in [-0.39, 0.29) is 28.3 Å². The van der Waals surface area contributed by atoms with Crippen molar-refractivity contribution in [2.24, 2.45) is 20.5 Å². The van der Waals surface area contributed by atoms with Crippen LogP contribution in [0.2, 0.25) is 20.1 Å². The van der Waals surface area contributed by atoms with Gasteiger partial charge >= 0.3 is 0 Å². The molecule has 0 fully saturated rings. The van der Waals surface area contributed by atoms with Crippen LogP contribution in [-0.4, -0.2) is 27.8 Å². The molecule has 15 heteroatoms. The Morgan fingerprint density at radius 3 is 1.24 bits per heavy atom. The highest BCUT2D eigenvalue weighted by Crippen LogP contribution is 2.44. The van der Waals surface area contributed by atoms with E-state index in [0.29, 0.717) is 86.6 Å². The number of rotatable bonds is 8. The number of azo groups is 2. The second-order valence-electron chi connectivity index (χ2n) is 14.1. The lowest BCUT2D eigenvalue weighted by molar-refractivity contribution is 0.101. The van der Waals surface area contributed by atoms with Crippen molar-refractivity contribution in [2.75, 3.05) is 10.6 Å². The summed E-state index contributed by atoms with van der Waals surface area (Å²) in [5.41, 5.74) is 3.40. The van der Waals surface area contributed by atoms with E-state index in [4.69, 9.17) is 46.4 Å². The molecule has 0 spiro atoms. The number of anilines is 2. The minimum Gasteiger partial charge on any atom is -0.505 e. The monoisotopic (exact) mass is 894 g/mol. The Bertz CT molecular complexity index is 3040. The summed E-state index contributed by atoms with van der Waals surface area (Å²) in [6.45, 7) is 0. The molecule has 0 saturated carbocycles. The quantitative estimate of drug-likeness (QED) is 0.111. The predicted octanol–water partition coefficient (Wildman–Crippen LogP) is 14.6. The van der Waals surface area contributed by atoms with E-state index in [9.17, 15) is 24.6 Å². The topological polar surface area (TPSA) is 165 Å². The van der Waals surface area contributed by atoms with Gasteiger partial charge in [0.1, 0.15) is 11.4 Å². The fraction of sp³-hybridized carbons (Fsp3) is 0. The van der Waals surface area contributed by atoms with Gasteiger partial charge in [-0.3, -0.25) is 14.4 Å². The van der Waals surface area contributed by atoms with Gasteiger partial charge in [0.25, 0.3) is 11.8 Å². The molecule has 1 aliphatic rings. The molecular weight excluding hydrogens is 870 g/mol. The summed E-state index contributed by atoms with van der Waals surface area (Å²) in [5.74, 6) is -2.33. The van der Waals surface area contributed by atoms with E-state index >= 15 is 0 Å². The van der Waals surface area contributed by atoms with Crippen LogP contribution < -0.4 is 10.6 Å². The Kier molecular flexibility index (Phi) is 10.6. The number of aromatic hydroxyl groups is 2. The van der Waals surface area contributed by atoms with E-state index in [1.165, 1.54) is 36.4 Å². The number of ketones is 1. The fourth-order valence-corrected chi connectivity index (χ4v) is 8.28. The minimum absolute atomic E-state index is 0.0533. The number of fused-ring (bicyclic) bond motifs is 5. The van der Waals surface area contributed by atoms with E-state index in [2.05, 4.69) is 31.1 Å². The Morgan fingerprint density at radius 2 is 0.839 bits per heavy atom. The molecule has 0 unspecified atom stereocenters. The molecule has 8 aromatic rings. The van der Waals surface area contributed by atoms with Crippen molar-refractivity contribution in [1.82, 2.24) is 0 Å². The maximum absolute atomic E-state index is 13.9. The van der Waals surface area contributed by atoms with Crippen LogP contribution in [-0.2, 0) is 0 Å². The summed E-state index contributed by atoms with van der Waals surface area (Å²) in [6.07, 6.45) is 0. The number of hydrogen-bond donors (Lipinski definition) is 4.